The van der Waals surface area contributed by atoms with Crippen LogP contribution in [0.25, 0.3) is 5.69 Å². The van der Waals surface area contributed by atoms with Gasteiger partial charge in [-0.05, 0) is 63.2 Å². The summed E-state index contributed by atoms with van der Waals surface area (Å²) in [4.78, 5) is 14.6. The van der Waals surface area contributed by atoms with Crippen molar-refractivity contribution in [2.45, 2.75) is 13.3 Å². The Balaban J connectivity index is 1.78. The van der Waals surface area contributed by atoms with Crippen LogP contribution in [0.1, 0.15) is 22.6 Å². The Bertz CT molecular complexity index is 695. The number of aryl methyl sites for hydroxylation is 1. The van der Waals surface area contributed by atoms with E-state index in [1.165, 1.54) is 0 Å². The second-order valence-electron chi connectivity index (χ2n) is 6.02. The second kappa shape index (κ2) is 6.84. The molecule has 1 aliphatic rings. The van der Waals surface area contributed by atoms with Gasteiger partial charge >= 0.3 is 0 Å². The largest absolute Gasteiger partial charge is 0.337 e. The lowest BCUT2D eigenvalue weighted by Gasteiger charge is -2.15. The molecule has 0 spiro atoms. The van der Waals surface area contributed by atoms with Gasteiger partial charge in [0, 0.05) is 23.3 Å². The Morgan fingerprint density at radius 1 is 1.39 bits per heavy atom. The van der Waals surface area contributed by atoms with Gasteiger partial charge in [-0.25, -0.2) is 4.68 Å². The smallest absolute Gasteiger partial charge is 0.274 e. The molecule has 0 radical (unpaired) electrons. The Morgan fingerprint density at radius 3 is 2.83 bits per heavy atom. The summed E-state index contributed by atoms with van der Waals surface area (Å²) in [5, 5.41) is 7.71. The fourth-order valence-corrected chi connectivity index (χ4v) is 3.32. The fraction of sp³-hybridized carbons (Fsp3) is 0.412. The number of amides is 1. The molecule has 5 nitrogen and oxygen atoms in total. The lowest BCUT2D eigenvalue weighted by atomic mass is 10.1. The third-order valence-electron chi connectivity index (χ3n) is 4.24. The van der Waals surface area contributed by atoms with Gasteiger partial charge in [0.05, 0.1) is 5.69 Å². The van der Waals surface area contributed by atoms with Crippen molar-refractivity contribution in [1.29, 1.82) is 0 Å². The molecule has 122 valence electrons. The maximum Gasteiger partial charge on any atom is 0.274 e. The number of hydrogen-bond acceptors (Lipinski definition) is 3. The number of nitrogens with zero attached hydrogens (tertiary/aromatic N) is 3. The van der Waals surface area contributed by atoms with E-state index in [2.05, 4.69) is 26.3 Å². The monoisotopic (exact) mass is 376 g/mol. The number of hydrogen-bond donors (Lipinski definition) is 1. The first kappa shape index (κ1) is 16.2. The number of aromatic nitrogens is 2. The van der Waals surface area contributed by atoms with E-state index in [4.69, 9.17) is 0 Å². The molecule has 0 bridgehead atoms. The number of likely N-dealkylation sites (tertiary alicyclic amines) is 1. The standard InChI is InChI=1S/C17H21BrN4O/c1-12-9-16(17(23)21-8-7-13(11-21)10-19-2)20-22(12)15-5-3-14(18)4-6-15/h3-6,9,13,19H,7-8,10-11H2,1-2H3/t13-/m0/s1. The van der Waals surface area contributed by atoms with Crippen molar-refractivity contribution in [1.82, 2.24) is 20.0 Å². The molecule has 2 heterocycles. The molecule has 0 saturated carbocycles. The third-order valence-corrected chi connectivity index (χ3v) is 4.77. The summed E-state index contributed by atoms with van der Waals surface area (Å²) in [7, 11) is 1.95. The van der Waals surface area contributed by atoms with Gasteiger partial charge in [-0.15, -0.1) is 0 Å². The van der Waals surface area contributed by atoms with Crippen molar-refractivity contribution in [3.63, 3.8) is 0 Å². The van der Waals surface area contributed by atoms with E-state index >= 15 is 0 Å². The van der Waals surface area contributed by atoms with Gasteiger partial charge in [0.2, 0.25) is 0 Å². The van der Waals surface area contributed by atoms with E-state index in [0.29, 0.717) is 11.6 Å². The Labute approximate surface area is 144 Å². The average Bonchev–Trinajstić information content (AvgIpc) is 3.15. The van der Waals surface area contributed by atoms with Gasteiger partial charge in [-0.2, -0.15) is 5.10 Å². The number of nitrogens with one attached hydrogen (secondary N) is 1. The van der Waals surface area contributed by atoms with Crippen LogP contribution in [-0.4, -0.2) is 47.3 Å². The zero-order valence-corrected chi connectivity index (χ0v) is 15.0. The van der Waals surface area contributed by atoms with E-state index in [1.54, 1.807) is 0 Å². The molecule has 3 rings (SSSR count). The molecule has 1 atom stereocenters. The van der Waals surface area contributed by atoms with Crippen LogP contribution in [-0.2, 0) is 0 Å². The van der Waals surface area contributed by atoms with E-state index in [9.17, 15) is 4.79 Å². The van der Waals surface area contributed by atoms with Crippen LogP contribution in [0.5, 0.6) is 0 Å². The highest BCUT2D eigenvalue weighted by Gasteiger charge is 2.28. The van der Waals surface area contributed by atoms with Gasteiger partial charge in [-0.3, -0.25) is 4.79 Å². The maximum atomic E-state index is 12.7. The summed E-state index contributed by atoms with van der Waals surface area (Å²) in [6.45, 7) is 4.55. The zero-order valence-electron chi connectivity index (χ0n) is 13.4. The Hall–Kier alpha value is -1.66. The van der Waals surface area contributed by atoms with Crippen molar-refractivity contribution >= 4 is 21.8 Å². The summed E-state index contributed by atoms with van der Waals surface area (Å²) >= 11 is 3.43. The first-order valence-electron chi connectivity index (χ1n) is 7.85. The third kappa shape index (κ3) is 3.48. The lowest BCUT2D eigenvalue weighted by molar-refractivity contribution is 0.0781. The molecule has 23 heavy (non-hydrogen) atoms. The number of benzene rings is 1. The maximum absolute atomic E-state index is 12.7. The van der Waals surface area contributed by atoms with Crippen molar-refractivity contribution < 1.29 is 4.79 Å². The van der Waals surface area contributed by atoms with Crippen LogP contribution < -0.4 is 5.32 Å². The predicted octanol–water partition coefficient (Wildman–Crippen LogP) is 2.62. The molecule has 1 aromatic heterocycles. The number of halogens is 1. The molecular formula is C17H21BrN4O. The van der Waals surface area contributed by atoms with Gasteiger partial charge in [0.1, 0.15) is 0 Å². The van der Waals surface area contributed by atoms with Crippen LogP contribution in [0.3, 0.4) is 0 Å². The summed E-state index contributed by atoms with van der Waals surface area (Å²) in [6, 6.07) is 9.78. The highest BCUT2D eigenvalue weighted by atomic mass is 79.9. The van der Waals surface area contributed by atoms with Crippen LogP contribution in [0.4, 0.5) is 0 Å². The van der Waals surface area contributed by atoms with Gasteiger partial charge in [0.15, 0.2) is 5.69 Å². The lowest BCUT2D eigenvalue weighted by Crippen LogP contribution is -2.30. The van der Waals surface area contributed by atoms with E-state index in [-0.39, 0.29) is 5.91 Å². The molecule has 1 fully saturated rings. The first-order chi connectivity index (χ1) is 11.1. The van der Waals surface area contributed by atoms with Gasteiger partial charge < -0.3 is 10.2 Å². The quantitative estimate of drug-likeness (QED) is 0.891. The zero-order chi connectivity index (χ0) is 16.4. The first-order valence-corrected chi connectivity index (χ1v) is 8.64. The average molecular weight is 377 g/mol. The summed E-state index contributed by atoms with van der Waals surface area (Å²) in [5.74, 6) is 0.571. The molecule has 1 aliphatic heterocycles. The number of rotatable bonds is 4. The Kier molecular flexibility index (Phi) is 4.82. The molecule has 1 N–H and O–H groups in total. The molecule has 1 saturated heterocycles. The van der Waals surface area contributed by atoms with E-state index in [1.807, 2.05) is 53.9 Å². The highest BCUT2D eigenvalue weighted by molar-refractivity contribution is 9.10. The molecular weight excluding hydrogens is 356 g/mol. The molecule has 0 unspecified atom stereocenters. The molecule has 1 amide bonds. The Morgan fingerprint density at radius 2 is 2.13 bits per heavy atom. The molecule has 1 aromatic carbocycles. The topological polar surface area (TPSA) is 50.2 Å². The predicted molar refractivity (Wildman–Crippen MR) is 93.9 cm³/mol. The molecule has 0 aliphatic carbocycles. The van der Waals surface area contributed by atoms with Crippen LogP contribution >= 0.6 is 15.9 Å². The minimum Gasteiger partial charge on any atom is -0.337 e. The normalized spacial score (nSPS) is 17.7. The fourth-order valence-electron chi connectivity index (χ4n) is 3.06. The second-order valence-corrected chi connectivity index (χ2v) is 6.94. The highest BCUT2D eigenvalue weighted by Crippen LogP contribution is 2.20. The summed E-state index contributed by atoms with van der Waals surface area (Å²) in [5.41, 5.74) is 2.44. The van der Waals surface area contributed by atoms with Crippen molar-refractivity contribution in [3.05, 3.63) is 46.2 Å². The minimum atomic E-state index is 0.0302. The number of carbonyl (C=O) groups excluding carboxylic acids is 1. The molecule has 2 aromatic rings. The SMILES string of the molecule is CNC[C@@H]1CCN(C(=O)c2cc(C)n(-c3ccc(Br)cc3)n2)C1. The number of carbonyl (C=O) groups is 1. The van der Waals surface area contributed by atoms with Crippen molar-refractivity contribution in [2.75, 3.05) is 26.7 Å². The van der Waals surface area contributed by atoms with Crippen molar-refractivity contribution in [3.8, 4) is 5.69 Å². The van der Waals surface area contributed by atoms with Crippen molar-refractivity contribution in [2.24, 2.45) is 5.92 Å². The summed E-state index contributed by atoms with van der Waals surface area (Å²) < 4.78 is 2.84. The van der Waals surface area contributed by atoms with Gasteiger partial charge in [-0.1, -0.05) is 15.9 Å². The minimum absolute atomic E-state index is 0.0302. The van der Waals surface area contributed by atoms with Gasteiger partial charge in [0.25, 0.3) is 5.91 Å². The molecule has 6 heteroatoms. The van der Waals surface area contributed by atoms with E-state index in [0.717, 1.165) is 41.9 Å². The van der Waals surface area contributed by atoms with Crippen LogP contribution in [0.2, 0.25) is 0 Å². The van der Waals surface area contributed by atoms with Crippen LogP contribution in [0.15, 0.2) is 34.8 Å². The van der Waals surface area contributed by atoms with E-state index < -0.39 is 0 Å². The summed E-state index contributed by atoms with van der Waals surface area (Å²) in [6.07, 6.45) is 1.05. The van der Waals surface area contributed by atoms with Crippen LogP contribution in [0, 0.1) is 12.8 Å².